The molecule has 4 N–H and O–H groups in total. The van der Waals surface area contributed by atoms with Gasteiger partial charge in [-0.2, -0.15) is 0 Å². The van der Waals surface area contributed by atoms with Gasteiger partial charge in [-0.3, -0.25) is 0 Å². The average molecular weight is 315 g/mol. The van der Waals surface area contributed by atoms with Crippen molar-refractivity contribution in [3.8, 4) is 0 Å². The molecule has 80 valence electrons. The molecule has 1 rings (SSSR count). The molecule has 1 aromatic rings. The van der Waals surface area contributed by atoms with E-state index in [-0.39, 0.29) is 11.0 Å². The molecule has 0 atom stereocenters. The number of halogens is 3. The topological polar surface area (TPSA) is 63.0 Å². The predicted molar refractivity (Wildman–Crippen MR) is 49.9 cm³/mol. The maximum absolute atomic E-state index is 12.1. The van der Waals surface area contributed by atoms with Crippen LogP contribution in [0.25, 0.3) is 0 Å². The van der Waals surface area contributed by atoms with Crippen molar-refractivity contribution in [2.45, 2.75) is 11.1 Å². The third kappa shape index (κ3) is 4.30. The summed E-state index contributed by atoms with van der Waals surface area (Å²) in [6.45, 7) is 0. The first kappa shape index (κ1) is 16.2. The van der Waals surface area contributed by atoms with Gasteiger partial charge in [0, 0.05) is 0 Å². The molecule has 0 bridgehead atoms. The normalized spacial score (nSPS) is 10.0. The Kier molecular flexibility index (Phi) is 7.23. The van der Waals surface area contributed by atoms with Crippen LogP contribution in [0.3, 0.4) is 0 Å². The molecular weight excluding hydrogens is 304 g/mol. The van der Waals surface area contributed by atoms with Gasteiger partial charge in [0.2, 0.25) is 0 Å². The fourth-order valence-corrected chi connectivity index (χ4v) is 2.46. The molecule has 0 saturated carbocycles. The van der Waals surface area contributed by atoms with Crippen molar-refractivity contribution in [3.63, 3.8) is 0 Å². The van der Waals surface area contributed by atoms with Crippen molar-refractivity contribution in [3.05, 3.63) is 29.8 Å². The molecule has 0 saturated heterocycles. The van der Waals surface area contributed by atoms with Gasteiger partial charge < -0.3 is 11.0 Å². The number of hydrogen-bond acceptors (Lipinski definition) is 0. The summed E-state index contributed by atoms with van der Waals surface area (Å²) in [7, 11) is 0. The fraction of sp³-hybridized carbons (Fsp3) is 0.250. The van der Waals surface area contributed by atoms with Gasteiger partial charge in [-0.15, -0.1) is 0 Å². The number of hydrogen-bond donors (Lipinski definition) is 0. The van der Waals surface area contributed by atoms with E-state index in [9.17, 15) is 13.2 Å². The molecular formula is C8H11F3O2Sn. The Morgan fingerprint density at radius 3 is 2.14 bits per heavy atom. The molecule has 0 aliphatic heterocycles. The molecule has 0 amide bonds. The maximum atomic E-state index is 12.1. The first-order valence-electron chi connectivity index (χ1n) is 3.39. The van der Waals surface area contributed by atoms with Gasteiger partial charge in [-0.1, -0.05) is 0 Å². The van der Waals surface area contributed by atoms with E-state index >= 15 is 0 Å². The first-order chi connectivity index (χ1) is 5.54. The Labute approximate surface area is 90.0 Å². The fourth-order valence-electron chi connectivity index (χ4n) is 0.851. The Bertz CT molecular complexity index is 276. The summed E-state index contributed by atoms with van der Waals surface area (Å²) < 4.78 is 37.3. The second-order valence-electron chi connectivity index (χ2n) is 2.33. The van der Waals surface area contributed by atoms with Crippen LogP contribution in [0.2, 0.25) is 4.94 Å². The van der Waals surface area contributed by atoms with E-state index < -0.39 is 32.9 Å². The van der Waals surface area contributed by atoms with Gasteiger partial charge in [-0.25, -0.2) is 0 Å². The molecule has 14 heavy (non-hydrogen) atoms. The summed E-state index contributed by atoms with van der Waals surface area (Å²) in [5, 5.41) is 0. The van der Waals surface area contributed by atoms with Gasteiger partial charge >= 0.3 is 78.8 Å². The summed E-state index contributed by atoms with van der Waals surface area (Å²) in [5.41, 5.74) is -0.525. The summed E-state index contributed by atoms with van der Waals surface area (Å²) in [5.74, 6) is 0. The van der Waals surface area contributed by atoms with Crippen LogP contribution in [-0.2, 0) is 6.18 Å². The summed E-state index contributed by atoms with van der Waals surface area (Å²) in [6.07, 6.45) is -4.19. The summed E-state index contributed by atoms with van der Waals surface area (Å²) in [4.78, 5) is 2.00. The minimum absolute atomic E-state index is 0. The van der Waals surface area contributed by atoms with E-state index in [0.717, 1.165) is 9.65 Å². The van der Waals surface area contributed by atoms with Crippen LogP contribution in [0.1, 0.15) is 5.56 Å². The zero-order valence-electron chi connectivity index (χ0n) is 7.44. The number of benzene rings is 1. The first-order valence-corrected chi connectivity index (χ1v) is 7.67. The molecule has 6 heteroatoms. The van der Waals surface area contributed by atoms with Crippen molar-refractivity contribution >= 4 is 24.7 Å². The van der Waals surface area contributed by atoms with Crippen LogP contribution in [-0.4, -0.2) is 32.1 Å². The van der Waals surface area contributed by atoms with Gasteiger partial charge in [0.15, 0.2) is 0 Å². The second kappa shape index (κ2) is 6.26. The van der Waals surface area contributed by atoms with Crippen molar-refractivity contribution in [2.75, 3.05) is 0 Å². The number of alkyl halides is 3. The van der Waals surface area contributed by atoms with Crippen LogP contribution >= 0.6 is 0 Å². The quantitative estimate of drug-likeness (QED) is 0.675. The SMILES string of the molecule is O.O.[CH3][Sn][c]1cccc(C(F)(F)F)c1. The van der Waals surface area contributed by atoms with Gasteiger partial charge in [0.05, 0.1) is 0 Å². The third-order valence-electron chi connectivity index (χ3n) is 1.48. The molecule has 0 aliphatic rings. The zero-order chi connectivity index (χ0) is 9.19. The van der Waals surface area contributed by atoms with Crippen LogP contribution in [0.5, 0.6) is 0 Å². The molecule has 2 nitrogen and oxygen atoms in total. The minimum atomic E-state index is -4.19. The van der Waals surface area contributed by atoms with Crippen molar-refractivity contribution in [2.24, 2.45) is 0 Å². The monoisotopic (exact) mass is 316 g/mol. The standard InChI is InChI=1S/C7H4F3.CH3.2H2O.Sn/c8-7(9,10)6-4-2-1-3-5-6;;;;/h1-2,4-5H;1H3;2*1H2;. The van der Waals surface area contributed by atoms with E-state index in [4.69, 9.17) is 0 Å². The number of rotatable bonds is 1. The Balaban J connectivity index is 0. The molecule has 0 aliphatic carbocycles. The van der Waals surface area contributed by atoms with Crippen LogP contribution in [0.15, 0.2) is 24.3 Å². The van der Waals surface area contributed by atoms with E-state index in [1.54, 1.807) is 6.07 Å². The van der Waals surface area contributed by atoms with E-state index in [1.807, 2.05) is 4.94 Å². The Hall–Kier alpha value is -0.271. The van der Waals surface area contributed by atoms with Crippen LogP contribution < -0.4 is 3.58 Å². The molecule has 0 heterocycles. The molecule has 2 radical (unpaired) electrons. The van der Waals surface area contributed by atoms with Crippen molar-refractivity contribution < 1.29 is 24.1 Å². The van der Waals surface area contributed by atoms with Gasteiger partial charge in [0.25, 0.3) is 0 Å². The van der Waals surface area contributed by atoms with E-state index in [0.29, 0.717) is 0 Å². The third-order valence-corrected chi connectivity index (χ3v) is 4.01. The molecule has 0 fully saturated rings. The molecule has 0 unspecified atom stereocenters. The second-order valence-corrected chi connectivity index (χ2v) is 5.40. The van der Waals surface area contributed by atoms with Gasteiger partial charge in [-0.05, 0) is 0 Å². The predicted octanol–water partition coefficient (Wildman–Crippen LogP) is 0.434. The van der Waals surface area contributed by atoms with E-state index in [1.165, 1.54) is 12.1 Å². The zero-order valence-corrected chi connectivity index (χ0v) is 10.3. The Morgan fingerprint density at radius 1 is 1.14 bits per heavy atom. The molecule has 0 spiro atoms. The van der Waals surface area contributed by atoms with Gasteiger partial charge in [0.1, 0.15) is 0 Å². The van der Waals surface area contributed by atoms with E-state index in [2.05, 4.69) is 0 Å². The average Bonchev–Trinajstić information content (AvgIpc) is 2.03. The van der Waals surface area contributed by atoms with Crippen molar-refractivity contribution in [1.29, 1.82) is 0 Å². The summed E-state index contributed by atoms with van der Waals surface area (Å²) >= 11 is -0.738. The molecule has 0 aromatic heterocycles. The van der Waals surface area contributed by atoms with Crippen LogP contribution in [0, 0.1) is 0 Å². The molecule has 1 aromatic carbocycles. The van der Waals surface area contributed by atoms with Crippen molar-refractivity contribution in [1.82, 2.24) is 0 Å². The van der Waals surface area contributed by atoms with Crippen LogP contribution in [0.4, 0.5) is 13.2 Å². The Morgan fingerprint density at radius 2 is 1.71 bits per heavy atom. The summed E-state index contributed by atoms with van der Waals surface area (Å²) in [6, 6.07) is 5.61.